The number of Topliss-reactive ketones (excluding diaryl/α,β-unsaturated/α-hetero) is 1. The minimum absolute atomic E-state index is 0.0563. The van der Waals surface area contributed by atoms with E-state index in [1.807, 2.05) is 23.1 Å². The van der Waals surface area contributed by atoms with Gasteiger partial charge in [-0.25, -0.2) is 0 Å². The van der Waals surface area contributed by atoms with Crippen LogP contribution in [0.3, 0.4) is 0 Å². The first-order chi connectivity index (χ1) is 20.3. The molecule has 1 atom stereocenters. The van der Waals surface area contributed by atoms with Gasteiger partial charge in [-0.15, -0.1) is 0 Å². The third kappa shape index (κ3) is 4.61. The first-order valence-electron chi connectivity index (χ1n) is 14.8. The molecule has 1 aliphatic carbocycles. The van der Waals surface area contributed by atoms with Crippen LogP contribution in [-0.4, -0.2) is 63.3 Å². The number of rotatable bonds is 4. The molecule has 4 aliphatic rings. The molecule has 0 bridgehead atoms. The number of morpholine rings is 2. The van der Waals surface area contributed by atoms with E-state index in [1.54, 1.807) is 6.07 Å². The van der Waals surface area contributed by atoms with Crippen LogP contribution >= 0.6 is 0 Å². The number of benzene rings is 3. The molecule has 0 radical (unpaired) electrons. The van der Waals surface area contributed by atoms with Crippen molar-refractivity contribution in [1.82, 2.24) is 0 Å². The van der Waals surface area contributed by atoms with Crippen LogP contribution in [0.4, 0.5) is 22.7 Å². The third-order valence-corrected chi connectivity index (χ3v) is 9.07. The van der Waals surface area contributed by atoms with E-state index in [1.165, 1.54) is 0 Å². The summed E-state index contributed by atoms with van der Waals surface area (Å²) in [5.74, 6) is 0.102. The predicted octanol–water partition coefficient (Wildman–Crippen LogP) is 5.73. The van der Waals surface area contributed by atoms with Gasteiger partial charge in [-0.1, -0.05) is 44.2 Å². The lowest BCUT2D eigenvalue weighted by Crippen LogP contribution is -2.39. The summed E-state index contributed by atoms with van der Waals surface area (Å²) in [5, 5.41) is 18.5. The number of nitro groups is 1. The quantitative estimate of drug-likeness (QED) is 0.315. The number of anilines is 3. The fraction of sp³-hybridized carbons (Fsp3) is 0.424. The highest BCUT2D eigenvalue weighted by atomic mass is 16.6. The summed E-state index contributed by atoms with van der Waals surface area (Å²) < 4.78 is 11.2. The molecule has 7 rings (SSSR count). The number of hydrogen-bond acceptors (Lipinski definition) is 8. The van der Waals surface area contributed by atoms with Crippen LogP contribution in [0.25, 0.3) is 16.3 Å². The zero-order valence-corrected chi connectivity index (χ0v) is 24.2. The molecule has 3 aromatic rings. The third-order valence-electron chi connectivity index (χ3n) is 9.07. The largest absolute Gasteiger partial charge is 0.378 e. The Morgan fingerprint density at radius 3 is 2.26 bits per heavy atom. The molecule has 3 heterocycles. The molecule has 1 N–H and O–H groups in total. The highest BCUT2D eigenvalue weighted by Crippen LogP contribution is 2.54. The van der Waals surface area contributed by atoms with Crippen molar-refractivity contribution in [2.75, 3.05) is 67.7 Å². The van der Waals surface area contributed by atoms with E-state index in [-0.39, 0.29) is 21.8 Å². The van der Waals surface area contributed by atoms with Crippen LogP contribution in [0.2, 0.25) is 0 Å². The van der Waals surface area contributed by atoms with Crippen molar-refractivity contribution in [2.45, 2.75) is 32.7 Å². The molecule has 0 amide bonds. The summed E-state index contributed by atoms with van der Waals surface area (Å²) >= 11 is 0. The predicted molar refractivity (Wildman–Crippen MR) is 164 cm³/mol. The lowest BCUT2D eigenvalue weighted by molar-refractivity contribution is -0.384. The van der Waals surface area contributed by atoms with E-state index < -0.39 is 6.04 Å². The van der Waals surface area contributed by atoms with Crippen molar-refractivity contribution >= 4 is 44.9 Å². The van der Waals surface area contributed by atoms with Gasteiger partial charge < -0.3 is 24.6 Å². The molecule has 9 heteroatoms. The Bertz CT molecular complexity index is 1620. The van der Waals surface area contributed by atoms with Gasteiger partial charge in [0.15, 0.2) is 5.78 Å². The molecule has 3 aromatic carbocycles. The standard InChI is InChI=1S/C33H36N4O5/c1-33(2)19-24-30-22-6-4-3-5-21(22)7-8-25(30)34-32(31(24)29(38)20-33)23-17-28(37(39)40)27(36-11-15-42-16-12-36)18-26(23)35-9-13-41-14-10-35/h3-8,17-18,32,34H,9-16,19-20H2,1-2H3/t32-/m1/s1. The van der Waals surface area contributed by atoms with Gasteiger partial charge in [0.1, 0.15) is 5.69 Å². The minimum atomic E-state index is -0.507. The highest BCUT2D eigenvalue weighted by Gasteiger charge is 2.42. The molecule has 2 fully saturated rings. The lowest BCUT2D eigenvalue weighted by atomic mass is 9.67. The smallest absolute Gasteiger partial charge is 0.293 e. The maximum absolute atomic E-state index is 14.1. The van der Waals surface area contributed by atoms with Crippen molar-refractivity contribution in [3.63, 3.8) is 0 Å². The maximum atomic E-state index is 14.1. The highest BCUT2D eigenvalue weighted by molar-refractivity contribution is 6.13. The Labute approximate surface area is 245 Å². The van der Waals surface area contributed by atoms with Gasteiger partial charge in [-0.05, 0) is 40.3 Å². The number of ketones is 1. The van der Waals surface area contributed by atoms with Gasteiger partial charge in [0, 0.05) is 66.7 Å². The van der Waals surface area contributed by atoms with Crippen LogP contribution < -0.4 is 15.1 Å². The Balaban J connectivity index is 1.47. The Morgan fingerprint density at radius 1 is 0.905 bits per heavy atom. The van der Waals surface area contributed by atoms with E-state index in [0.717, 1.165) is 50.8 Å². The Hall–Kier alpha value is -3.95. The number of ether oxygens (including phenoxy) is 2. The number of nitro benzene ring substituents is 1. The second-order valence-corrected chi connectivity index (χ2v) is 12.5. The number of allylic oxidation sites excluding steroid dienone is 1. The number of nitrogens with zero attached hydrogens (tertiary/aromatic N) is 3. The van der Waals surface area contributed by atoms with Crippen molar-refractivity contribution in [3.05, 3.63) is 75.3 Å². The van der Waals surface area contributed by atoms with Gasteiger partial charge in [0.05, 0.1) is 37.4 Å². The summed E-state index contributed by atoms with van der Waals surface area (Å²) in [5.41, 5.74) is 5.97. The molecular weight excluding hydrogens is 532 g/mol. The van der Waals surface area contributed by atoms with Crippen LogP contribution in [0, 0.1) is 15.5 Å². The number of carbonyl (C=O) groups excluding carboxylic acids is 1. The first kappa shape index (κ1) is 26.9. The van der Waals surface area contributed by atoms with E-state index in [0.29, 0.717) is 64.7 Å². The minimum Gasteiger partial charge on any atom is -0.378 e. The molecule has 42 heavy (non-hydrogen) atoms. The fourth-order valence-corrected chi connectivity index (χ4v) is 7.17. The average Bonchev–Trinajstić information content (AvgIpc) is 3.00. The van der Waals surface area contributed by atoms with Crippen LogP contribution in [0.15, 0.2) is 54.1 Å². The molecule has 0 spiro atoms. The van der Waals surface area contributed by atoms with E-state index in [2.05, 4.69) is 48.3 Å². The second kappa shape index (κ2) is 10.4. The van der Waals surface area contributed by atoms with Gasteiger partial charge in [-0.2, -0.15) is 0 Å². The summed E-state index contributed by atoms with van der Waals surface area (Å²) in [4.78, 5) is 30.7. The zero-order chi connectivity index (χ0) is 29.0. The molecule has 3 aliphatic heterocycles. The zero-order valence-electron chi connectivity index (χ0n) is 24.2. The van der Waals surface area contributed by atoms with E-state index in [9.17, 15) is 14.9 Å². The van der Waals surface area contributed by atoms with Crippen LogP contribution in [0.5, 0.6) is 0 Å². The van der Waals surface area contributed by atoms with Crippen LogP contribution in [-0.2, 0) is 14.3 Å². The molecule has 2 saturated heterocycles. The van der Waals surface area contributed by atoms with E-state index in [4.69, 9.17) is 9.47 Å². The number of fused-ring (bicyclic) bond motifs is 4. The van der Waals surface area contributed by atoms with Crippen molar-refractivity contribution in [3.8, 4) is 0 Å². The van der Waals surface area contributed by atoms with Gasteiger partial charge in [0.25, 0.3) is 5.69 Å². The monoisotopic (exact) mass is 568 g/mol. The molecule has 0 aromatic heterocycles. The number of carbonyl (C=O) groups is 1. The molecule has 9 nitrogen and oxygen atoms in total. The molecular formula is C33H36N4O5. The fourth-order valence-electron chi connectivity index (χ4n) is 7.17. The normalized spacial score (nSPS) is 22.0. The molecule has 0 saturated carbocycles. The van der Waals surface area contributed by atoms with Crippen molar-refractivity contribution < 1.29 is 19.2 Å². The SMILES string of the molecule is CC1(C)CC(=O)C2=C(C1)c1c(ccc3ccccc13)N[C@@H]2c1cc([N+](=O)[O-])c(N2CCOCC2)cc1N1CCOCC1. The number of nitrogens with one attached hydrogen (secondary N) is 1. The summed E-state index contributed by atoms with van der Waals surface area (Å²) in [6, 6.07) is 15.7. The average molecular weight is 569 g/mol. The Morgan fingerprint density at radius 2 is 1.57 bits per heavy atom. The topological polar surface area (TPSA) is 97.2 Å². The summed E-state index contributed by atoms with van der Waals surface area (Å²) in [6.45, 7) is 9.05. The lowest BCUT2D eigenvalue weighted by Gasteiger charge is -2.41. The summed E-state index contributed by atoms with van der Waals surface area (Å²) in [6.07, 6.45) is 1.19. The van der Waals surface area contributed by atoms with Gasteiger partial charge in [-0.3, -0.25) is 14.9 Å². The second-order valence-electron chi connectivity index (χ2n) is 12.5. The van der Waals surface area contributed by atoms with Gasteiger partial charge >= 0.3 is 0 Å². The Kier molecular flexibility index (Phi) is 6.66. The van der Waals surface area contributed by atoms with Crippen LogP contribution in [0.1, 0.15) is 43.9 Å². The van der Waals surface area contributed by atoms with Crippen molar-refractivity contribution in [2.24, 2.45) is 5.41 Å². The molecule has 0 unspecified atom stereocenters. The molecule has 218 valence electrons. The van der Waals surface area contributed by atoms with E-state index >= 15 is 0 Å². The number of hydrogen-bond donors (Lipinski definition) is 1. The summed E-state index contributed by atoms with van der Waals surface area (Å²) in [7, 11) is 0. The first-order valence-corrected chi connectivity index (χ1v) is 14.8. The van der Waals surface area contributed by atoms with Gasteiger partial charge in [0.2, 0.25) is 0 Å². The maximum Gasteiger partial charge on any atom is 0.293 e. The van der Waals surface area contributed by atoms with Crippen molar-refractivity contribution in [1.29, 1.82) is 0 Å².